The monoisotopic (exact) mass is 196 g/mol. The van der Waals surface area contributed by atoms with Crippen molar-refractivity contribution < 1.29 is 5.11 Å². The van der Waals surface area contributed by atoms with Crippen LogP contribution in [0.5, 0.6) is 5.75 Å². The molecule has 1 aromatic carbocycles. The second-order valence-corrected chi connectivity index (χ2v) is 4.24. The van der Waals surface area contributed by atoms with E-state index in [0.717, 1.165) is 12.3 Å². The molecule has 1 N–H and O–H groups in total. The summed E-state index contributed by atoms with van der Waals surface area (Å²) in [6, 6.07) is 7.42. The molecule has 0 unspecified atom stereocenters. The number of hydrogen-bond acceptors (Lipinski definition) is 1. The first-order valence-corrected chi connectivity index (χ1v) is 5.11. The number of phenolic OH excluding ortho intramolecular Hbond substituents is 1. The van der Waals surface area contributed by atoms with Crippen LogP contribution in [0.3, 0.4) is 0 Å². The summed E-state index contributed by atoms with van der Waals surface area (Å²) in [5.41, 5.74) is 1.65. The Balaban J connectivity index is 2.06. The average molecular weight is 197 g/mol. The van der Waals surface area contributed by atoms with Crippen LogP contribution in [0.2, 0.25) is 0 Å². The Bertz CT molecular complexity index is 287. The summed E-state index contributed by atoms with van der Waals surface area (Å²) in [5, 5.41) is 9.10. The molecular formula is C11H13ClO. The van der Waals surface area contributed by atoms with Crippen LogP contribution in [-0.2, 0) is 6.42 Å². The van der Waals surface area contributed by atoms with E-state index in [2.05, 4.69) is 0 Å². The lowest BCUT2D eigenvalue weighted by Crippen LogP contribution is -2.06. The molecule has 1 aromatic rings. The van der Waals surface area contributed by atoms with Crippen LogP contribution in [0.15, 0.2) is 24.3 Å². The second-order valence-electron chi connectivity index (χ2n) is 3.98. The van der Waals surface area contributed by atoms with Crippen molar-refractivity contribution in [1.82, 2.24) is 0 Å². The van der Waals surface area contributed by atoms with E-state index >= 15 is 0 Å². The van der Waals surface area contributed by atoms with Gasteiger partial charge < -0.3 is 5.11 Å². The van der Waals surface area contributed by atoms with Gasteiger partial charge in [0.05, 0.1) is 0 Å². The van der Waals surface area contributed by atoms with Gasteiger partial charge in [0, 0.05) is 5.88 Å². The molecule has 0 aromatic heterocycles. The summed E-state index contributed by atoms with van der Waals surface area (Å²) < 4.78 is 0. The molecule has 70 valence electrons. The Kier molecular flexibility index (Phi) is 2.20. The summed E-state index contributed by atoms with van der Waals surface area (Å²) in [7, 11) is 0. The van der Waals surface area contributed by atoms with Gasteiger partial charge in [-0.05, 0) is 42.4 Å². The molecule has 13 heavy (non-hydrogen) atoms. The lowest BCUT2D eigenvalue weighted by atomic mass is 9.98. The highest BCUT2D eigenvalue weighted by atomic mass is 35.5. The van der Waals surface area contributed by atoms with Crippen molar-refractivity contribution in [3.05, 3.63) is 29.8 Å². The molecule has 1 nitrogen and oxygen atoms in total. The number of rotatable bonds is 3. The normalized spacial score (nSPS) is 18.5. The Hall–Kier alpha value is -0.690. The van der Waals surface area contributed by atoms with Crippen molar-refractivity contribution in [2.75, 3.05) is 5.88 Å². The molecule has 0 atom stereocenters. The van der Waals surface area contributed by atoms with Crippen LogP contribution in [-0.4, -0.2) is 11.0 Å². The predicted molar refractivity (Wildman–Crippen MR) is 54.2 cm³/mol. The molecule has 0 aliphatic heterocycles. The topological polar surface area (TPSA) is 20.2 Å². The molecule has 1 aliphatic carbocycles. The van der Waals surface area contributed by atoms with Gasteiger partial charge in [0.2, 0.25) is 0 Å². The Morgan fingerprint density at radius 2 is 1.85 bits per heavy atom. The third-order valence-electron chi connectivity index (χ3n) is 2.76. The number of phenols is 1. The van der Waals surface area contributed by atoms with Crippen molar-refractivity contribution >= 4 is 11.6 Å². The number of benzene rings is 1. The third kappa shape index (κ3) is 1.97. The summed E-state index contributed by atoms with van der Waals surface area (Å²) in [5.74, 6) is 1.09. The van der Waals surface area contributed by atoms with E-state index < -0.39 is 0 Å². The zero-order valence-corrected chi connectivity index (χ0v) is 8.22. The largest absolute Gasteiger partial charge is 0.508 e. The van der Waals surface area contributed by atoms with E-state index in [1.165, 1.54) is 18.4 Å². The first-order valence-electron chi connectivity index (χ1n) is 4.58. The lowest BCUT2D eigenvalue weighted by Gasteiger charge is -2.10. The summed E-state index contributed by atoms with van der Waals surface area (Å²) in [6.45, 7) is 0. The summed E-state index contributed by atoms with van der Waals surface area (Å²) in [4.78, 5) is 0. The minimum atomic E-state index is 0.333. The molecule has 0 radical (unpaired) electrons. The molecular weight excluding hydrogens is 184 g/mol. The fourth-order valence-electron chi connectivity index (χ4n) is 1.58. The summed E-state index contributed by atoms with van der Waals surface area (Å²) >= 11 is 5.89. The summed E-state index contributed by atoms with van der Waals surface area (Å²) in [6.07, 6.45) is 3.55. The van der Waals surface area contributed by atoms with Gasteiger partial charge in [-0.2, -0.15) is 0 Å². The Labute approximate surface area is 83.3 Å². The molecule has 2 rings (SSSR count). The Morgan fingerprint density at radius 3 is 2.31 bits per heavy atom. The fourth-order valence-corrected chi connectivity index (χ4v) is 1.94. The lowest BCUT2D eigenvalue weighted by molar-refractivity contribution is 0.474. The second kappa shape index (κ2) is 3.22. The van der Waals surface area contributed by atoms with Crippen molar-refractivity contribution in [3.8, 4) is 5.75 Å². The van der Waals surface area contributed by atoms with Gasteiger partial charge >= 0.3 is 0 Å². The minimum Gasteiger partial charge on any atom is -0.508 e. The molecule has 1 fully saturated rings. The maximum Gasteiger partial charge on any atom is 0.115 e. The van der Waals surface area contributed by atoms with Crippen LogP contribution in [0, 0.1) is 5.41 Å². The third-order valence-corrected chi connectivity index (χ3v) is 3.32. The molecule has 0 bridgehead atoms. The van der Waals surface area contributed by atoms with E-state index in [-0.39, 0.29) is 0 Å². The van der Waals surface area contributed by atoms with Crippen LogP contribution in [0.25, 0.3) is 0 Å². The van der Waals surface area contributed by atoms with Crippen LogP contribution < -0.4 is 0 Å². The van der Waals surface area contributed by atoms with E-state index in [1.807, 2.05) is 12.1 Å². The Morgan fingerprint density at radius 1 is 1.23 bits per heavy atom. The molecule has 1 aliphatic rings. The van der Waals surface area contributed by atoms with Gasteiger partial charge in [0.1, 0.15) is 5.75 Å². The van der Waals surface area contributed by atoms with Crippen LogP contribution in [0.4, 0.5) is 0 Å². The molecule has 0 heterocycles. The van der Waals surface area contributed by atoms with Gasteiger partial charge in [-0.15, -0.1) is 11.6 Å². The highest BCUT2D eigenvalue weighted by Gasteiger charge is 2.41. The highest BCUT2D eigenvalue weighted by Crippen LogP contribution is 2.49. The average Bonchev–Trinajstić information content (AvgIpc) is 2.90. The van der Waals surface area contributed by atoms with Crippen molar-refractivity contribution in [1.29, 1.82) is 0 Å². The van der Waals surface area contributed by atoms with E-state index in [1.54, 1.807) is 12.1 Å². The van der Waals surface area contributed by atoms with Crippen LogP contribution in [0.1, 0.15) is 18.4 Å². The van der Waals surface area contributed by atoms with Crippen LogP contribution >= 0.6 is 11.6 Å². The first-order chi connectivity index (χ1) is 6.24. The predicted octanol–water partition coefficient (Wildman–Crippen LogP) is 2.95. The van der Waals surface area contributed by atoms with Crippen molar-refractivity contribution in [2.24, 2.45) is 5.41 Å². The van der Waals surface area contributed by atoms with Crippen molar-refractivity contribution in [3.63, 3.8) is 0 Å². The molecule has 0 saturated heterocycles. The van der Waals surface area contributed by atoms with Crippen molar-refractivity contribution in [2.45, 2.75) is 19.3 Å². The number of hydrogen-bond donors (Lipinski definition) is 1. The van der Waals surface area contributed by atoms with Gasteiger partial charge in [-0.25, -0.2) is 0 Å². The maximum absolute atomic E-state index is 9.10. The van der Waals surface area contributed by atoms with Gasteiger partial charge in [0.25, 0.3) is 0 Å². The minimum absolute atomic E-state index is 0.333. The van der Waals surface area contributed by atoms with E-state index in [0.29, 0.717) is 11.2 Å². The molecule has 0 spiro atoms. The maximum atomic E-state index is 9.10. The molecule has 2 heteroatoms. The zero-order valence-electron chi connectivity index (χ0n) is 7.46. The van der Waals surface area contributed by atoms with Gasteiger partial charge in [-0.3, -0.25) is 0 Å². The highest BCUT2D eigenvalue weighted by molar-refractivity contribution is 6.18. The fraction of sp³-hybridized carbons (Fsp3) is 0.455. The smallest absolute Gasteiger partial charge is 0.115 e. The number of aromatic hydroxyl groups is 1. The van der Waals surface area contributed by atoms with E-state index in [9.17, 15) is 0 Å². The molecule has 0 amide bonds. The quantitative estimate of drug-likeness (QED) is 0.738. The van der Waals surface area contributed by atoms with Gasteiger partial charge in [0.15, 0.2) is 0 Å². The first kappa shape index (κ1) is 8.89. The standard InChI is InChI=1S/C11H13ClO/c12-8-11(5-6-11)7-9-1-3-10(13)4-2-9/h1-4,13H,5-8H2. The zero-order chi connectivity index (χ0) is 9.31. The number of halogens is 1. The SMILES string of the molecule is Oc1ccc(CC2(CCl)CC2)cc1. The molecule has 1 saturated carbocycles. The van der Waals surface area contributed by atoms with E-state index in [4.69, 9.17) is 16.7 Å². The van der Waals surface area contributed by atoms with Gasteiger partial charge in [-0.1, -0.05) is 12.1 Å². The number of alkyl halides is 1.